The molecule has 1 atom stereocenters. The average Bonchev–Trinajstić information content (AvgIpc) is 2.85. The molecule has 184 valence electrons. The number of nitrogens with one attached hydrogen (secondary N) is 1. The van der Waals surface area contributed by atoms with Gasteiger partial charge in [0, 0.05) is 16.8 Å². The van der Waals surface area contributed by atoms with E-state index < -0.39 is 11.6 Å². The van der Waals surface area contributed by atoms with Crippen molar-refractivity contribution in [3.63, 3.8) is 0 Å². The van der Waals surface area contributed by atoms with E-state index >= 15 is 0 Å². The van der Waals surface area contributed by atoms with Crippen LogP contribution in [0.4, 0.5) is 5.69 Å². The summed E-state index contributed by atoms with van der Waals surface area (Å²) < 4.78 is 16.0. The van der Waals surface area contributed by atoms with Crippen molar-refractivity contribution in [3.8, 4) is 17.2 Å². The van der Waals surface area contributed by atoms with Gasteiger partial charge in [0.05, 0.1) is 21.3 Å². The van der Waals surface area contributed by atoms with Gasteiger partial charge in [0.15, 0.2) is 11.5 Å². The van der Waals surface area contributed by atoms with Crippen LogP contribution in [-0.2, 0) is 4.79 Å². The molecule has 35 heavy (non-hydrogen) atoms. The van der Waals surface area contributed by atoms with Gasteiger partial charge in [0.2, 0.25) is 5.91 Å². The molecule has 3 aromatic carbocycles. The maximum Gasteiger partial charge on any atom is 0.259 e. The zero-order chi connectivity index (χ0) is 25.6. The molecule has 0 spiro atoms. The van der Waals surface area contributed by atoms with E-state index in [4.69, 9.17) is 14.2 Å². The Morgan fingerprint density at radius 3 is 1.97 bits per heavy atom. The van der Waals surface area contributed by atoms with Crippen LogP contribution < -0.4 is 24.4 Å². The minimum Gasteiger partial charge on any atom is -0.497 e. The third kappa shape index (κ3) is 6.12. The van der Waals surface area contributed by atoms with Crippen molar-refractivity contribution in [1.82, 2.24) is 5.32 Å². The third-order valence-electron chi connectivity index (χ3n) is 5.32. The number of hydrogen-bond acceptors (Lipinski definition) is 5. The Hall–Kier alpha value is -4.00. The molecule has 0 aliphatic rings. The topological polar surface area (TPSA) is 77.1 Å². The number of methoxy groups -OCH3 is 3. The number of nitrogens with zero attached hydrogens (tertiary/aromatic N) is 1. The van der Waals surface area contributed by atoms with Crippen molar-refractivity contribution < 1.29 is 23.8 Å². The summed E-state index contributed by atoms with van der Waals surface area (Å²) in [6.45, 7) is 5.71. The smallest absolute Gasteiger partial charge is 0.259 e. The van der Waals surface area contributed by atoms with E-state index in [-0.39, 0.29) is 11.8 Å². The number of rotatable bonds is 8. The highest BCUT2D eigenvalue weighted by molar-refractivity contribution is 6.10. The van der Waals surface area contributed by atoms with Gasteiger partial charge < -0.3 is 19.5 Å². The molecule has 0 aliphatic carbocycles. The van der Waals surface area contributed by atoms with Gasteiger partial charge in [-0.2, -0.15) is 0 Å². The number of anilines is 1. The van der Waals surface area contributed by atoms with Gasteiger partial charge in [0.1, 0.15) is 11.8 Å². The molecule has 1 N–H and O–H groups in total. The summed E-state index contributed by atoms with van der Waals surface area (Å²) in [5.74, 6) is 0.919. The molecule has 0 fully saturated rings. The molecule has 0 aromatic heterocycles. The standard InChI is InChI=1S/C28H32N2O5/c1-28(2,3)29-26(31)25(19-12-15-22(33-4)16-13-19)30(21-10-8-7-9-11-21)27(32)20-14-17-23(34-5)24(18-20)35-6/h7-18,25H,1-6H3,(H,29,31). The Labute approximate surface area is 206 Å². The first-order valence-electron chi connectivity index (χ1n) is 11.2. The van der Waals surface area contributed by atoms with Crippen LogP contribution in [0.15, 0.2) is 72.8 Å². The van der Waals surface area contributed by atoms with E-state index in [0.29, 0.717) is 34.1 Å². The second kappa shape index (κ2) is 11.0. The molecule has 0 aliphatic heterocycles. The largest absolute Gasteiger partial charge is 0.497 e. The summed E-state index contributed by atoms with van der Waals surface area (Å²) in [5.41, 5.74) is 1.08. The second-order valence-corrected chi connectivity index (χ2v) is 9.00. The fraction of sp³-hybridized carbons (Fsp3) is 0.286. The molecule has 7 nitrogen and oxygen atoms in total. The first kappa shape index (κ1) is 25.6. The highest BCUT2D eigenvalue weighted by atomic mass is 16.5. The minimum atomic E-state index is -0.942. The van der Waals surface area contributed by atoms with E-state index in [1.807, 2.05) is 39.0 Å². The van der Waals surface area contributed by atoms with Crippen LogP contribution >= 0.6 is 0 Å². The number of para-hydroxylation sites is 1. The predicted octanol–water partition coefficient (Wildman–Crippen LogP) is 5.02. The minimum absolute atomic E-state index is 0.305. The van der Waals surface area contributed by atoms with Gasteiger partial charge in [-0.1, -0.05) is 30.3 Å². The second-order valence-electron chi connectivity index (χ2n) is 9.00. The van der Waals surface area contributed by atoms with Crippen molar-refractivity contribution in [3.05, 3.63) is 83.9 Å². The summed E-state index contributed by atoms with van der Waals surface area (Å²) in [6, 6.07) is 20.3. The lowest BCUT2D eigenvalue weighted by Gasteiger charge is -2.34. The Balaban J connectivity index is 2.19. The zero-order valence-electron chi connectivity index (χ0n) is 21.0. The monoisotopic (exact) mass is 476 g/mol. The molecule has 3 rings (SSSR count). The fourth-order valence-corrected chi connectivity index (χ4v) is 3.72. The van der Waals surface area contributed by atoms with Crippen LogP contribution in [0.2, 0.25) is 0 Å². The van der Waals surface area contributed by atoms with Gasteiger partial charge >= 0.3 is 0 Å². The number of hydrogen-bond donors (Lipinski definition) is 1. The Kier molecular flexibility index (Phi) is 8.02. The third-order valence-corrected chi connectivity index (χ3v) is 5.32. The first-order valence-corrected chi connectivity index (χ1v) is 11.2. The summed E-state index contributed by atoms with van der Waals surface area (Å²) in [6.07, 6.45) is 0. The lowest BCUT2D eigenvalue weighted by Crippen LogP contribution is -2.49. The van der Waals surface area contributed by atoms with Gasteiger partial charge in [-0.25, -0.2) is 0 Å². The SMILES string of the molecule is COc1ccc(C(C(=O)NC(C)(C)C)N(C(=O)c2ccc(OC)c(OC)c2)c2ccccc2)cc1. The number of amides is 2. The number of carbonyl (C=O) groups excluding carboxylic acids is 2. The molecule has 1 unspecified atom stereocenters. The summed E-state index contributed by atoms with van der Waals surface area (Å²) in [5, 5.41) is 3.03. The van der Waals surface area contributed by atoms with Crippen molar-refractivity contribution in [1.29, 1.82) is 0 Å². The molecular weight excluding hydrogens is 444 g/mol. The predicted molar refractivity (Wildman–Crippen MR) is 136 cm³/mol. The van der Waals surface area contributed by atoms with Crippen molar-refractivity contribution >= 4 is 17.5 Å². The van der Waals surface area contributed by atoms with E-state index in [0.717, 1.165) is 0 Å². The number of carbonyl (C=O) groups is 2. The van der Waals surface area contributed by atoms with Crippen molar-refractivity contribution in [2.24, 2.45) is 0 Å². The molecule has 0 bridgehead atoms. The van der Waals surface area contributed by atoms with Gasteiger partial charge in [-0.05, 0) is 68.8 Å². The normalized spacial score (nSPS) is 11.8. The highest BCUT2D eigenvalue weighted by Gasteiger charge is 2.35. The van der Waals surface area contributed by atoms with Crippen LogP contribution in [0.25, 0.3) is 0 Å². The quantitative estimate of drug-likeness (QED) is 0.494. The molecular formula is C28H32N2O5. The fourth-order valence-electron chi connectivity index (χ4n) is 3.72. The number of ether oxygens (including phenoxy) is 3. The Morgan fingerprint density at radius 1 is 0.800 bits per heavy atom. The van der Waals surface area contributed by atoms with E-state index in [1.54, 1.807) is 61.7 Å². The van der Waals surface area contributed by atoms with Crippen LogP contribution in [0.5, 0.6) is 17.2 Å². The molecule has 0 radical (unpaired) electrons. The molecule has 0 saturated heterocycles. The molecule has 2 amide bonds. The van der Waals surface area contributed by atoms with Gasteiger partial charge in [-0.15, -0.1) is 0 Å². The maximum absolute atomic E-state index is 14.0. The lowest BCUT2D eigenvalue weighted by atomic mass is 9.99. The average molecular weight is 477 g/mol. The van der Waals surface area contributed by atoms with Crippen LogP contribution in [0.3, 0.4) is 0 Å². The maximum atomic E-state index is 14.0. The molecule has 3 aromatic rings. The van der Waals surface area contributed by atoms with Crippen molar-refractivity contribution in [2.45, 2.75) is 32.4 Å². The molecule has 0 heterocycles. The lowest BCUT2D eigenvalue weighted by molar-refractivity contribution is -0.123. The first-order chi connectivity index (χ1) is 16.7. The van der Waals surface area contributed by atoms with Crippen LogP contribution in [-0.4, -0.2) is 38.7 Å². The van der Waals surface area contributed by atoms with E-state index in [2.05, 4.69) is 5.32 Å². The highest BCUT2D eigenvalue weighted by Crippen LogP contribution is 2.33. The van der Waals surface area contributed by atoms with Gasteiger partial charge in [0.25, 0.3) is 5.91 Å². The Bertz CT molecular complexity index is 1150. The zero-order valence-corrected chi connectivity index (χ0v) is 21.0. The Morgan fingerprint density at radius 2 is 1.43 bits per heavy atom. The van der Waals surface area contributed by atoms with Gasteiger partial charge in [-0.3, -0.25) is 14.5 Å². The van der Waals surface area contributed by atoms with Crippen molar-refractivity contribution in [2.75, 3.05) is 26.2 Å². The summed E-state index contributed by atoms with van der Waals surface area (Å²) >= 11 is 0. The van der Waals surface area contributed by atoms with E-state index in [1.165, 1.54) is 19.1 Å². The molecule has 0 saturated carbocycles. The number of benzene rings is 3. The molecule has 7 heteroatoms. The van der Waals surface area contributed by atoms with Crippen LogP contribution in [0, 0.1) is 0 Å². The van der Waals surface area contributed by atoms with E-state index in [9.17, 15) is 9.59 Å². The summed E-state index contributed by atoms with van der Waals surface area (Å²) in [4.78, 5) is 29.3. The van der Waals surface area contributed by atoms with Crippen LogP contribution in [0.1, 0.15) is 42.7 Å². The summed E-state index contributed by atoms with van der Waals surface area (Å²) in [7, 11) is 4.62.